The van der Waals surface area contributed by atoms with E-state index in [1.165, 1.54) is 18.4 Å². The Balaban J connectivity index is 1.35. The van der Waals surface area contributed by atoms with Gasteiger partial charge in [0.05, 0.1) is 30.8 Å². The molecule has 4 fully saturated rings. The molecule has 2 amide bonds. The first kappa shape index (κ1) is 25.4. The number of alkyl halides is 1. The van der Waals surface area contributed by atoms with E-state index in [9.17, 15) is 14.0 Å². The van der Waals surface area contributed by atoms with Crippen LogP contribution in [0.3, 0.4) is 0 Å². The number of halogens is 1. The lowest BCUT2D eigenvalue weighted by Gasteiger charge is -2.42. The third-order valence-corrected chi connectivity index (χ3v) is 8.04. The summed E-state index contributed by atoms with van der Waals surface area (Å²) in [4.78, 5) is 35.2. The summed E-state index contributed by atoms with van der Waals surface area (Å²) in [6.07, 6.45) is 5.98. The van der Waals surface area contributed by atoms with Gasteiger partial charge < -0.3 is 25.2 Å². The molecular formula is C27H40FN5O3. The van der Waals surface area contributed by atoms with Crippen molar-refractivity contribution in [3.63, 3.8) is 0 Å². The van der Waals surface area contributed by atoms with Crippen molar-refractivity contribution >= 4 is 17.5 Å². The standard InChI is InChI=1S/C27H40FN5O3/c1-16(2)13-33(22-6-19(10-29-12-22)26(34)32-14-20(28)15-32)27(35)25-24(31-21-8-23(9-21)36-3)7-18(11-30-25)17-4-5-17/h7,11,16-17,19-23,29,31H,4-6,8-10,12-15H2,1-3H3. The molecule has 2 N–H and O–H groups in total. The third-order valence-electron chi connectivity index (χ3n) is 8.04. The van der Waals surface area contributed by atoms with Gasteiger partial charge in [-0.3, -0.25) is 9.59 Å². The van der Waals surface area contributed by atoms with Gasteiger partial charge in [0.25, 0.3) is 5.91 Å². The largest absolute Gasteiger partial charge is 0.381 e. The van der Waals surface area contributed by atoms with E-state index >= 15 is 0 Å². The van der Waals surface area contributed by atoms with Crippen LogP contribution in [-0.4, -0.2) is 90.8 Å². The van der Waals surface area contributed by atoms with Crippen molar-refractivity contribution in [1.82, 2.24) is 20.1 Å². The van der Waals surface area contributed by atoms with E-state index < -0.39 is 6.17 Å². The highest BCUT2D eigenvalue weighted by Crippen LogP contribution is 2.41. The summed E-state index contributed by atoms with van der Waals surface area (Å²) < 4.78 is 18.8. The van der Waals surface area contributed by atoms with Gasteiger partial charge in [0.1, 0.15) is 6.17 Å². The topological polar surface area (TPSA) is 86.8 Å². The molecule has 2 aliphatic carbocycles. The zero-order valence-electron chi connectivity index (χ0n) is 21.7. The number of carbonyl (C=O) groups excluding carboxylic acids is 2. The number of piperidine rings is 1. The summed E-state index contributed by atoms with van der Waals surface area (Å²) in [5.41, 5.74) is 2.46. The van der Waals surface area contributed by atoms with Crippen molar-refractivity contribution in [3.8, 4) is 0 Å². The van der Waals surface area contributed by atoms with Crippen molar-refractivity contribution in [3.05, 3.63) is 23.5 Å². The van der Waals surface area contributed by atoms with Crippen LogP contribution >= 0.6 is 0 Å². The van der Waals surface area contributed by atoms with Gasteiger partial charge in [0, 0.05) is 45.0 Å². The fourth-order valence-electron chi connectivity index (χ4n) is 5.63. The summed E-state index contributed by atoms with van der Waals surface area (Å²) in [7, 11) is 1.74. The zero-order chi connectivity index (χ0) is 25.4. The number of pyridine rings is 1. The van der Waals surface area contributed by atoms with E-state index in [-0.39, 0.29) is 54.9 Å². The molecule has 9 heteroatoms. The Kier molecular flexibility index (Phi) is 7.49. The SMILES string of the molecule is COC1CC(Nc2cc(C3CC3)cnc2C(=O)N(CC(C)C)C2CNCC(C(=O)N3CC(F)C3)C2)C1. The Morgan fingerprint density at radius 1 is 1.25 bits per heavy atom. The van der Waals surface area contributed by atoms with E-state index in [2.05, 4.69) is 30.5 Å². The van der Waals surface area contributed by atoms with Gasteiger partial charge in [-0.15, -0.1) is 0 Å². The number of likely N-dealkylation sites (tertiary alicyclic amines) is 1. The Labute approximate surface area is 213 Å². The minimum atomic E-state index is -0.911. The molecule has 2 atom stereocenters. The fourth-order valence-corrected chi connectivity index (χ4v) is 5.63. The molecule has 198 valence electrons. The third kappa shape index (κ3) is 5.52. The summed E-state index contributed by atoms with van der Waals surface area (Å²) >= 11 is 0. The van der Waals surface area contributed by atoms with Crippen LogP contribution in [-0.2, 0) is 9.53 Å². The number of nitrogens with zero attached hydrogens (tertiary/aromatic N) is 3. The van der Waals surface area contributed by atoms with Gasteiger partial charge in [-0.2, -0.15) is 0 Å². The number of ether oxygens (including phenoxy) is 1. The molecular weight excluding hydrogens is 461 g/mol. The molecule has 1 aromatic heterocycles. The summed E-state index contributed by atoms with van der Waals surface area (Å²) in [5.74, 6) is 0.460. The lowest BCUT2D eigenvalue weighted by Crippen LogP contribution is -2.59. The van der Waals surface area contributed by atoms with Crippen molar-refractivity contribution in [1.29, 1.82) is 0 Å². The van der Waals surface area contributed by atoms with E-state index in [0.29, 0.717) is 37.7 Å². The fraction of sp³-hybridized carbons (Fsp3) is 0.741. The second-order valence-electron chi connectivity index (χ2n) is 11.5. The molecule has 0 spiro atoms. The molecule has 5 rings (SSSR count). The van der Waals surface area contributed by atoms with Crippen molar-refractivity contribution in [2.45, 2.75) is 76.2 Å². The number of hydrogen-bond donors (Lipinski definition) is 2. The quantitative estimate of drug-likeness (QED) is 0.541. The van der Waals surface area contributed by atoms with E-state index in [1.807, 2.05) is 11.1 Å². The first-order valence-corrected chi connectivity index (χ1v) is 13.6. The predicted octanol–water partition coefficient (Wildman–Crippen LogP) is 2.80. The highest BCUT2D eigenvalue weighted by Gasteiger charge is 2.40. The molecule has 3 heterocycles. The molecule has 2 saturated carbocycles. The Morgan fingerprint density at radius 3 is 2.64 bits per heavy atom. The number of anilines is 1. The van der Waals surface area contributed by atoms with Crippen LogP contribution in [0.4, 0.5) is 10.1 Å². The van der Waals surface area contributed by atoms with Crippen LogP contribution in [0.1, 0.15) is 67.9 Å². The van der Waals surface area contributed by atoms with Gasteiger partial charge in [-0.25, -0.2) is 9.37 Å². The Hall–Kier alpha value is -2.26. The maximum absolute atomic E-state index is 14.1. The number of rotatable bonds is 9. The molecule has 1 aromatic rings. The van der Waals surface area contributed by atoms with Gasteiger partial charge >= 0.3 is 0 Å². The molecule has 2 unspecified atom stereocenters. The first-order valence-electron chi connectivity index (χ1n) is 13.6. The second kappa shape index (κ2) is 10.6. The van der Waals surface area contributed by atoms with E-state index in [4.69, 9.17) is 9.72 Å². The molecule has 2 aliphatic heterocycles. The van der Waals surface area contributed by atoms with Gasteiger partial charge in [0.2, 0.25) is 5.91 Å². The van der Waals surface area contributed by atoms with Crippen molar-refractivity contribution in [2.24, 2.45) is 11.8 Å². The number of hydrogen-bond acceptors (Lipinski definition) is 6. The smallest absolute Gasteiger partial charge is 0.274 e. The molecule has 0 radical (unpaired) electrons. The predicted molar refractivity (Wildman–Crippen MR) is 136 cm³/mol. The molecule has 2 saturated heterocycles. The monoisotopic (exact) mass is 501 g/mol. The van der Waals surface area contributed by atoms with Crippen LogP contribution in [0.5, 0.6) is 0 Å². The van der Waals surface area contributed by atoms with Crippen LogP contribution < -0.4 is 10.6 Å². The molecule has 0 aromatic carbocycles. The zero-order valence-corrected chi connectivity index (χ0v) is 21.7. The minimum absolute atomic E-state index is 0.00927. The molecule has 0 bridgehead atoms. The van der Waals surface area contributed by atoms with Gasteiger partial charge in [0.15, 0.2) is 5.69 Å². The lowest BCUT2D eigenvalue weighted by atomic mass is 9.89. The number of methoxy groups -OCH3 is 1. The Bertz CT molecular complexity index is 959. The molecule has 4 aliphatic rings. The lowest BCUT2D eigenvalue weighted by molar-refractivity contribution is -0.143. The maximum atomic E-state index is 14.1. The van der Waals surface area contributed by atoms with Crippen LogP contribution in [0, 0.1) is 11.8 Å². The number of aromatic nitrogens is 1. The first-order chi connectivity index (χ1) is 17.3. The van der Waals surface area contributed by atoms with Crippen molar-refractivity contribution < 1.29 is 18.7 Å². The highest BCUT2D eigenvalue weighted by atomic mass is 19.1. The summed E-state index contributed by atoms with van der Waals surface area (Å²) in [5, 5.41) is 6.95. The van der Waals surface area contributed by atoms with E-state index in [1.54, 1.807) is 12.0 Å². The average molecular weight is 502 g/mol. The second-order valence-corrected chi connectivity index (χ2v) is 11.5. The van der Waals surface area contributed by atoms with Crippen LogP contribution in [0.15, 0.2) is 12.3 Å². The number of amides is 2. The normalized spacial score (nSPS) is 28.4. The van der Waals surface area contributed by atoms with Crippen LogP contribution in [0.2, 0.25) is 0 Å². The van der Waals surface area contributed by atoms with Gasteiger partial charge in [-0.1, -0.05) is 13.8 Å². The highest BCUT2D eigenvalue weighted by molar-refractivity contribution is 5.98. The number of carbonyl (C=O) groups is 2. The summed E-state index contributed by atoms with van der Waals surface area (Å²) in [6.45, 7) is 6.36. The maximum Gasteiger partial charge on any atom is 0.274 e. The number of nitrogens with one attached hydrogen (secondary N) is 2. The van der Waals surface area contributed by atoms with E-state index in [0.717, 1.165) is 18.5 Å². The molecule has 8 nitrogen and oxygen atoms in total. The van der Waals surface area contributed by atoms with Gasteiger partial charge in [-0.05, 0) is 55.6 Å². The van der Waals surface area contributed by atoms with Crippen LogP contribution in [0.25, 0.3) is 0 Å². The molecule has 36 heavy (non-hydrogen) atoms. The summed E-state index contributed by atoms with van der Waals surface area (Å²) in [6, 6.07) is 2.27. The Morgan fingerprint density at radius 2 is 2.00 bits per heavy atom. The average Bonchev–Trinajstić information content (AvgIpc) is 3.67. The van der Waals surface area contributed by atoms with Crippen molar-refractivity contribution in [2.75, 3.05) is 45.2 Å². The minimum Gasteiger partial charge on any atom is -0.381 e.